The van der Waals surface area contributed by atoms with Gasteiger partial charge in [-0.25, -0.2) is 0 Å². The number of fused-ring (bicyclic) bond motifs is 2. The van der Waals surface area contributed by atoms with Crippen LogP contribution in [0.1, 0.15) is 22.6 Å². The predicted octanol–water partition coefficient (Wildman–Crippen LogP) is 3.25. The van der Waals surface area contributed by atoms with Crippen LogP contribution in [0.2, 0.25) is 0 Å². The Labute approximate surface area is 130 Å². The minimum absolute atomic E-state index is 0.893. The molecule has 22 heavy (non-hydrogen) atoms. The summed E-state index contributed by atoms with van der Waals surface area (Å²) in [7, 11) is 3.99. The van der Waals surface area contributed by atoms with Gasteiger partial charge in [0.1, 0.15) is 0 Å². The van der Waals surface area contributed by atoms with E-state index in [1.165, 1.54) is 22.3 Å². The van der Waals surface area contributed by atoms with Crippen molar-refractivity contribution in [3.8, 4) is 0 Å². The molecule has 1 aliphatic heterocycles. The van der Waals surface area contributed by atoms with Crippen molar-refractivity contribution in [1.82, 2.24) is 14.8 Å². The summed E-state index contributed by atoms with van der Waals surface area (Å²) in [5.41, 5.74) is 7.07. The Bertz CT molecular complexity index is 863. The molecule has 0 fully saturated rings. The first-order valence-corrected chi connectivity index (χ1v) is 7.63. The van der Waals surface area contributed by atoms with Gasteiger partial charge in [0.05, 0.1) is 18.3 Å². The van der Waals surface area contributed by atoms with Gasteiger partial charge < -0.3 is 4.90 Å². The van der Waals surface area contributed by atoms with Gasteiger partial charge in [-0.3, -0.25) is 9.67 Å². The molecule has 2 aromatic heterocycles. The van der Waals surface area contributed by atoms with Gasteiger partial charge in [-0.1, -0.05) is 18.2 Å². The van der Waals surface area contributed by atoms with E-state index in [0.717, 1.165) is 36.4 Å². The van der Waals surface area contributed by atoms with Crippen molar-refractivity contribution in [2.75, 3.05) is 11.4 Å². The van der Waals surface area contributed by atoms with Gasteiger partial charge in [0.15, 0.2) is 0 Å². The van der Waals surface area contributed by atoms with E-state index in [1.54, 1.807) is 4.68 Å². The number of para-hydroxylation sites is 1. The Hall–Kier alpha value is -2.36. The molecular formula is C18H19N4. The second kappa shape index (κ2) is 4.83. The number of aromatic nitrogens is 3. The molecule has 0 atom stereocenters. The number of nitrogens with zero attached hydrogens (tertiary/aromatic N) is 4. The van der Waals surface area contributed by atoms with Gasteiger partial charge in [-0.2, -0.15) is 5.10 Å². The molecule has 0 N–H and O–H groups in total. The Morgan fingerprint density at radius 3 is 2.86 bits per heavy atom. The maximum Gasteiger partial charge on any atom is 0.0726 e. The zero-order valence-corrected chi connectivity index (χ0v) is 13.0. The fourth-order valence-electron chi connectivity index (χ4n) is 3.42. The summed E-state index contributed by atoms with van der Waals surface area (Å²) in [4.78, 5) is 7.08. The summed E-state index contributed by atoms with van der Waals surface area (Å²) in [6, 6.07) is 10.6. The largest absolute Gasteiger partial charge is 0.366 e. The average molecular weight is 291 g/mol. The summed E-state index contributed by atoms with van der Waals surface area (Å²) in [5, 5.41) is 5.69. The van der Waals surface area contributed by atoms with E-state index in [4.69, 9.17) is 0 Å². The zero-order chi connectivity index (χ0) is 15.3. The zero-order valence-electron chi connectivity index (χ0n) is 13.0. The second-order valence-corrected chi connectivity index (χ2v) is 5.98. The van der Waals surface area contributed by atoms with Gasteiger partial charge >= 0.3 is 0 Å². The minimum atomic E-state index is 0.893. The van der Waals surface area contributed by atoms with E-state index in [0.29, 0.717) is 0 Å². The minimum Gasteiger partial charge on any atom is -0.366 e. The molecule has 3 aromatic rings. The third-order valence-electron chi connectivity index (χ3n) is 4.50. The Kier molecular flexibility index (Phi) is 2.93. The van der Waals surface area contributed by atoms with Crippen molar-refractivity contribution in [3.05, 3.63) is 60.0 Å². The third kappa shape index (κ3) is 1.98. The van der Waals surface area contributed by atoms with Crippen LogP contribution < -0.4 is 4.90 Å². The summed E-state index contributed by atoms with van der Waals surface area (Å²) in [6.45, 7) is 6.01. The molecule has 0 saturated carbocycles. The number of rotatable bonds is 1. The SMILES string of the molecule is [CH2]n1nc(C)c2c1CCN(c1cc(C)nc3ccccc13)C2. The average Bonchev–Trinajstić information content (AvgIpc) is 2.80. The van der Waals surface area contributed by atoms with E-state index in [9.17, 15) is 0 Å². The van der Waals surface area contributed by atoms with Gasteiger partial charge in [0, 0.05) is 47.5 Å². The van der Waals surface area contributed by atoms with E-state index in [-0.39, 0.29) is 0 Å². The molecule has 0 unspecified atom stereocenters. The van der Waals surface area contributed by atoms with E-state index in [1.807, 2.05) is 6.07 Å². The molecule has 0 amide bonds. The van der Waals surface area contributed by atoms with Crippen molar-refractivity contribution >= 4 is 16.6 Å². The monoisotopic (exact) mass is 291 g/mol. The lowest BCUT2D eigenvalue weighted by atomic mass is 10.0. The van der Waals surface area contributed by atoms with Gasteiger partial charge in [0.2, 0.25) is 0 Å². The number of aryl methyl sites for hydroxylation is 2. The number of pyridine rings is 1. The maximum absolute atomic E-state index is 4.64. The molecule has 0 spiro atoms. The molecule has 111 valence electrons. The maximum atomic E-state index is 4.64. The lowest BCUT2D eigenvalue weighted by Gasteiger charge is -2.30. The lowest BCUT2D eigenvalue weighted by Crippen LogP contribution is -2.31. The van der Waals surface area contributed by atoms with Crippen LogP contribution in [0.15, 0.2) is 30.3 Å². The highest BCUT2D eigenvalue weighted by Gasteiger charge is 2.23. The molecule has 1 aromatic carbocycles. The number of benzene rings is 1. The van der Waals surface area contributed by atoms with E-state index >= 15 is 0 Å². The highest BCUT2D eigenvalue weighted by atomic mass is 15.3. The number of anilines is 1. The highest BCUT2D eigenvalue weighted by molar-refractivity contribution is 5.92. The molecule has 0 aliphatic carbocycles. The number of hydrogen-bond acceptors (Lipinski definition) is 3. The van der Waals surface area contributed by atoms with Crippen LogP contribution in [0, 0.1) is 20.9 Å². The summed E-state index contributed by atoms with van der Waals surface area (Å²) < 4.78 is 1.79. The van der Waals surface area contributed by atoms with Crippen LogP contribution in [0.5, 0.6) is 0 Å². The molecule has 0 saturated heterocycles. The van der Waals surface area contributed by atoms with Crippen molar-refractivity contribution in [3.63, 3.8) is 0 Å². The van der Waals surface area contributed by atoms with Crippen LogP contribution in [-0.2, 0) is 13.0 Å². The smallest absolute Gasteiger partial charge is 0.0726 e. The normalized spacial score (nSPS) is 14.4. The topological polar surface area (TPSA) is 34.0 Å². The van der Waals surface area contributed by atoms with Crippen molar-refractivity contribution in [1.29, 1.82) is 0 Å². The second-order valence-electron chi connectivity index (χ2n) is 5.98. The van der Waals surface area contributed by atoms with Crippen LogP contribution in [-0.4, -0.2) is 21.3 Å². The Balaban J connectivity index is 1.82. The van der Waals surface area contributed by atoms with Crippen LogP contribution >= 0.6 is 0 Å². The highest BCUT2D eigenvalue weighted by Crippen LogP contribution is 2.31. The van der Waals surface area contributed by atoms with E-state index in [2.05, 4.69) is 60.1 Å². The molecule has 4 rings (SSSR count). The summed E-state index contributed by atoms with van der Waals surface area (Å²) in [5.74, 6) is 0. The first-order valence-electron chi connectivity index (χ1n) is 7.63. The summed E-state index contributed by atoms with van der Waals surface area (Å²) in [6.07, 6.45) is 0.982. The van der Waals surface area contributed by atoms with Gasteiger partial charge in [-0.15, -0.1) is 0 Å². The lowest BCUT2D eigenvalue weighted by molar-refractivity contribution is 0.692. The van der Waals surface area contributed by atoms with Crippen molar-refractivity contribution < 1.29 is 0 Å². The van der Waals surface area contributed by atoms with Crippen LogP contribution in [0.4, 0.5) is 5.69 Å². The molecular weight excluding hydrogens is 272 g/mol. The molecule has 4 heteroatoms. The summed E-state index contributed by atoms with van der Waals surface area (Å²) >= 11 is 0. The molecule has 0 bridgehead atoms. The number of hydrogen-bond donors (Lipinski definition) is 0. The van der Waals surface area contributed by atoms with Crippen LogP contribution in [0.25, 0.3) is 10.9 Å². The molecule has 3 heterocycles. The first kappa shape index (κ1) is 13.3. The Morgan fingerprint density at radius 1 is 1.18 bits per heavy atom. The Morgan fingerprint density at radius 2 is 2.00 bits per heavy atom. The van der Waals surface area contributed by atoms with Crippen molar-refractivity contribution in [2.24, 2.45) is 0 Å². The van der Waals surface area contributed by atoms with Crippen LogP contribution in [0.3, 0.4) is 0 Å². The van der Waals surface area contributed by atoms with Crippen molar-refractivity contribution in [2.45, 2.75) is 26.8 Å². The fraction of sp³-hybridized carbons (Fsp3) is 0.278. The molecule has 4 nitrogen and oxygen atoms in total. The van der Waals surface area contributed by atoms with Gasteiger partial charge in [0.25, 0.3) is 0 Å². The van der Waals surface area contributed by atoms with E-state index < -0.39 is 0 Å². The predicted molar refractivity (Wildman–Crippen MR) is 89.0 cm³/mol. The standard InChI is InChI=1S/C18H19N4/c1-12-10-18(14-6-4-5-7-16(14)19-12)22-9-8-17-15(11-22)13(2)20-21(17)3/h4-7,10H,3,8-9,11H2,1-2H3. The quantitative estimate of drug-likeness (QED) is 0.690. The van der Waals surface area contributed by atoms with Gasteiger partial charge in [-0.05, 0) is 26.0 Å². The molecule has 1 radical (unpaired) electrons. The first-order chi connectivity index (χ1) is 10.6. The fourth-order valence-corrected chi connectivity index (χ4v) is 3.42. The molecule has 1 aliphatic rings. The third-order valence-corrected chi connectivity index (χ3v) is 4.50.